The minimum atomic E-state index is 0. The van der Waals surface area contributed by atoms with Crippen molar-refractivity contribution in [2.24, 2.45) is 0 Å². The highest BCUT2D eigenvalue weighted by atomic mass is 79.9. The molecule has 80 valence electrons. The third kappa shape index (κ3) is 1.67. The van der Waals surface area contributed by atoms with Gasteiger partial charge in [-0.15, -0.1) is 0 Å². The number of rotatable bonds is 0. The van der Waals surface area contributed by atoms with Crippen LogP contribution in [0.25, 0.3) is 21.8 Å². The summed E-state index contributed by atoms with van der Waals surface area (Å²) in [4.78, 5) is 8.78. The molecule has 3 heteroatoms. The van der Waals surface area contributed by atoms with Crippen LogP contribution in [0.1, 0.15) is 7.43 Å². The van der Waals surface area contributed by atoms with Gasteiger partial charge in [0.25, 0.3) is 0 Å². The number of nitrogens with zero attached hydrogens (tertiary/aromatic N) is 2. The normalized spacial score (nSPS) is 10.3. The zero-order valence-corrected chi connectivity index (χ0v) is 9.40. The molecule has 0 N–H and O–H groups in total. The summed E-state index contributed by atoms with van der Waals surface area (Å²) >= 11 is 3.44. The van der Waals surface area contributed by atoms with Crippen LogP contribution < -0.4 is 0 Å². The van der Waals surface area contributed by atoms with Gasteiger partial charge in [-0.3, -0.25) is 9.97 Å². The molecule has 2 heterocycles. The Balaban J connectivity index is 0.000000963. The second-order valence-corrected chi connectivity index (χ2v) is 4.28. The van der Waals surface area contributed by atoms with E-state index in [1.807, 2.05) is 42.7 Å². The Morgan fingerprint density at radius 3 is 2.81 bits per heavy atom. The second kappa shape index (κ2) is 4.18. The van der Waals surface area contributed by atoms with E-state index in [2.05, 4.69) is 25.9 Å². The predicted octanol–water partition coefficient (Wildman–Crippen LogP) is 4.18. The first-order chi connectivity index (χ1) is 7.34. The molecule has 0 aliphatic rings. The van der Waals surface area contributed by atoms with Gasteiger partial charge >= 0.3 is 0 Å². The molecule has 0 amide bonds. The summed E-state index contributed by atoms with van der Waals surface area (Å²) in [5.74, 6) is 0. The van der Waals surface area contributed by atoms with Gasteiger partial charge in [-0.1, -0.05) is 23.4 Å². The summed E-state index contributed by atoms with van der Waals surface area (Å²) < 4.78 is 1.04. The fourth-order valence-electron chi connectivity index (χ4n) is 1.70. The average molecular weight is 275 g/mol. The highest BCUT2D eigenvalue weighted by Crippen LogP contribution is 2.23. The maximum Gasteiger partial charge on any atom is 0.0811 e. The second-order valence-electron chi connectivity index (χ2n) is 3.36. The standard InChI is InChI=1S/C12H7BrN2.CH4/c13-9-3-4-10-11(6-9)15-7-8-2-1-5-14-12(8)10;/h1-7H;1H4. The summed E-state index contributed by atoms with van der Waals surface area (Å²) in [5, 5.41) is 2.17. The number of benzene rings is 1. The van der Waals surface area contributed by atoms with E-state index < -0.39 is 0 Å². The van der Waals surface area contributed by atoms with Gasteiger partial charge in [0.05, 0.1) is 11.0 Å². The van der Waals surface area contributed by atoms with Gasteiger partial charge in [-0.2, -0.15) is 0 Å². The Morgan fingerprint density at radius 2 is 1.94 bits per heavy atom. The number of hydrogen-bond donors (Lipinski definition) is 0. The first-order valence-corrected chi connectivity index (χ1v) is 5.43. The van der Waals surface area contributed by atoms with E-state index in [1.165, 1.54) is 0 Å². The molecule has 1 aromatic carbocycles. The largest absolute Gasteiger partial charge is 0.255 e. The molecule has 0 spiro atoms. The molecule has 3 rings (SSSR count). The van der Waals surface area contributed by atoms with Gasteiger partial charge in [0.15, 0.2) is 0 Å². The van der Waals surface area contributed by atoms with Crippen molar-refractivity contribution in [2.45, 2.75) is 7.43 Å². The van der Waals surface area contributed by atoms with E-state index in [-0.39, 0.29) is 7.43 Å². The summed E-state index contributed by atoms with van der Waals surface area (Å²) in [6, 6.07) is 10.0. The molecule has 0 atom stereocenters. The van der Waals surface area contributed by atoms with Crippen molar-refractivity contribution in [3.63, 3.8) is 0 Å². The lowest BCUT2D eigenvalue weighted by Gasteiger charge is -2.01. The van der Waals surface area contributed by atoms with Crippen LogP contribution in [0, 0.1) is 0 Å². The smallest absolute Gasteiger partial charge is 0.0811 e. The number of halogens is 1. The van der Waals surface area contributed by atoms with E-state index in [0.717, 1.165) is 26.3 Å². The number of hydrogen-bond acceptors (Lipinski definition) is 2. The van der Waals surface area contributed by atoms with Crippen molar-refractivity contribution >= 4 is 37.7 Å². The quantitative estimate of drug-likeness (QED) is 0.575. The Labute approximate surface area is 102 Å². The highest BCUT2D eigenvalue weighted by Gasteiger charge is 2.02. The molecule has 0 unspecified atom stereocenters. The molecule has 0 aliphatic carbocycles. The molecule has 2 nitrogen and oxygen atoms in total. The van der Waals surface area contributed by atoms with Gasteiger partial charge in [-0.25, -0.2) is 0 Å². The monoisotopic (exact) mass is 274 g/mol. The van der Waals surface area contributed by atoms with Gasteiger partial charge < -0.3 is 0 Å². The fraction of sp³-hybridized carbons (Fsp3) is 0.0769. The summed E-state index contributed by atoms with van der Waals surface area (Å²) in [7, 11) is 0. The average Bonchev–Trinajstić information content (AvgIpc) is 2.28. The molecule has 3 aromatic rings. The molecule has 0 saturated heterocycles. The molecule has 0 saturated carbocycles. The van der Waals surface area contributed by atoms with E-state index in [4.69, 9.17) is 0 Å². The number of fused-ring (bicyclic) bond motifs is 3. The number of aromatic nitrogens is 2. The minimum Gasteiger partial charge on any atom is -0.255 e. The zero-order chi connectivity index (χ0) is 10.3. The Morgan fingerprint density at radius 1 is 1.06 bits per heavy atom. The first-order valence-electron chi connectivity index (χ1n) is 4.63. The summed E-state index contributed by atoms with van der Waals surface area (Å²) in [6.45, 7) is 0. The Kier molecular flexibility index (Phi) is 2.88. The lowest BCUT2D eigenvalue weighted by molar-refractivity contribution is 1.38. The molecule has 16 heavy (non-hydrogen) atoms. The van der Waals surface area contributed by atoms with E-state index in [0.29, 0.717) is 0 Å². The third-order valence-electron chi connectivity index (χ3n) is 2.40. The SMILES string of the molecule is Brc1ccc2c(c1)ncc1cccnc12.C. The first kappa shape index (κ1) is 11.0. The molecule has 2 aromatic heterocycles. The van der Waals surface area contributed by atoms with Gasteiger partial charge in [0.2, 0.25) is 0 Å². The third-order valence-corrected chi connectivity index (χ3v) is 2.89. The topological polar surface area (TPSA) is 25.8 Å². The van der Waals surface area contributed by atoms with Crippen molar-refractivity contribution in [3.05, 3.63) is 47.2 Å². The maximum atomic E-state index is 4.40. The number of pyridine rings is 2. The van der Waals surface area contributed by atoms with Crippen LogP contribution in [0.5, 0.6) is 0 Å². The minimum absolute atomic E-state index is 0. The lowest BCUT2D eigenvalue weighted by Crippen LogP contribution is -1.84. The van der Waals surface area contributed by atoms with Crippen LogP contribution in [0.3, 0.4) is 0 Å². The van der Waals surface area contributed by atoms with Crippen molar-refractivity contribution in [1.29, 1.82) is 0 Å². The van der Waals surface area contributed by atoms with E-state index in [9.17, 15) is 0 Å². The van der Waals surface area contributed by atoms with Crippen molar-refractivity contribution in [1.82, 2.24) is 9.97 Å². The van der Waals surface area contributed by atoms with Crippen LogP contribution in [0.15, 0.2) is 47.2 Å². The molecular formula is C13H11BrN2. The Bertz CT molecular complexity index is 650. The zero-order valence-electron chi connectivity index (χ0n) is 7.81. The highest BCUT2D eigenvalue weighted by molar-refractivity contribution is 9.10. The molecular weight excluding hydrogens is 264 g/mol. The van der Waals surface area contributed by atoms with Crippen LogP contribution in [-0.2, 0) is 0 Å². The van der Waals surface area contributed by atoms with Crippen LogP contribution in [-0.4, -0.2) is 9.97 Å². The molecule has 0 fully saturated rings. The lowest BCUT2D eigenvalue weighted by atomic mass is 10.1. The fourth-order valence-corrected chi connectivity index (χ4v) is 2.05. The van der Waals surface area contributed by atoms with Crippen LogP contribution in [0.2, 0.25) is 0 Å². The summed E-state index contributed by atoms with van der Waals surface area (Å²) in [6.07, 6.45) is 3.67. The van der Waals surface area contributed by atoms with Crippen LogP contribution in [0.4, 0.5) is 0 Å². The van der Waals surface area contributed by atoms with Crippen molar-refractivity contribution in [3.8, 4) is 0 Å². The van der Waals surface area contributed by atoms with Crippen molar-refractivity contribution in [2.75, 3.05) is 0 Å². The maximum absolute atomic E-state index is 4.40. The van der Waals surface area contributed by atoms with Crippen molar-refractivity contribution < 1.29 is 0 Å². The van der Waals surface area contributed by atoms with Crippen LogP contribution >= 0.6 is 15.9 Å². The molecule has 0 bridgehead atoms. The van der Waals surface area contributed by atoms with Gasteiger partial charge in [-0.05, 0) is 30.3 Å². The Hall–Kier alpha value is -1.48. The van der Waals surface area contributed by atoms with E-state index >= 15 is 0 Å². The van der Waals surface area contributed by atoms with Gasteiger partial charge in [0.1, 0.15) is 0 Å². The molecule has 0 aliphatic heterocycles. The summed E-state index contributed by atoms with van der Waals surface area (Å²) in [5.41, 5.74) is 1.98. The molecule has 0 radical (unpaired) electrons. The van der Waals surface area contributed by atoms with Gasteiger partial charge in [0, 0.05) is 27.6 Å². The predicted molar refractivity (Wildman–Crippen MR) is 71.5 cm³/mol. The van der Waals surface area contributed by atoms with E-state index in [1.54, 1.807) is 0 Å².